The zero-order valence-electron chi connectivity index (χ0n) is 11.4. The van der Waals surface area contributed by atoms with Gasteiger partial charge in [0.15, 0.2) is 0 Å². The lowest BCUT2D eigenvalue weighted by Gasteiger charge is -2.29. The smallest absolute Gasteiger partial charge is 0.137 e. The number of anilines is 1. The Hall–Kier alpha value is -1.13. The Bertz CT molecular complexity index is 663. The van der Waals surface area contributed by atoms with Gasteiger partial charge in [0.2, 0.25) is 0 Å². The van der Waals surface area contributed by atoms with Crippen LogP contribution in [-0.4, -0.2) is 16.5 Å². The molecule has 2 aliphatic rings. The molecule has 1 aliphatic heterocycles. The molecule has 1 aliphatic carbocycles. The van der Waals surface area contributed by atoms with Gasteiger partial charge in [-0.15, -0.1) is 11.3 Å². The van der Waals surface area contributed by atoms with E-state index in [9.17, 15) is 0 Å². The van der Waals surface area contributed by atoms with E-state index in [-0.39, 0.29) is 0 Å². The Labute approximate surface area is 127 Å². The number of hydrogen-bond donors (Lipinski definition) is 0. The lowest BCUT2D eigenvalue weighted by Crippen LogP contribution is -2.31. The second-order valence-electron chi connectivity index (χ2n) is 5.64. The van der Waals surface area contributed by atoms with Crippen LogP contribution in [0, 0.1) is 6.92 Å². The molecular formula is C15H16ClN3S. The van der Waals surface area contributed by atoms with Gasteiger partial charge in [0, 0.05) is 29.4 Å². The molecule has 0 atom stereocenters. The van der Waals surface area contributed by atoms with E-state index in [1.165, 1.54) is 23.3 Å². The number of thiophene rings is 1. The molecule has 2 aromatic rings. The number of fused-ring (bicyclic) bond motifs is 1. The third-order valence-corrected chi connectivity index (χ3v) is 5.52. The van der Waals surface area contributed by atoms with Crippen LogP contribution in [-0.2, 0) is 13.0 Å². The molecule has 1 fully saturated rings. The molecule has 3 heterocycles. The molecule has 20 heavy (non-hydrogen) atoms. The van der Waals surface area contributed by atoms with Gasteiger partial charge in [0.1, 0.15) is 16.8 Å². The Morgan fingerprint density at radius 3 is 3.00 bits per heavy atom. The van der Waals surface area contributed by atoms with Crippen LogP contribution in [0.1, 0.15) is 40.6 Å². The highest BCUT2D eigenvalue weighted by atomic mass is 35.5. The van der Waals surface area contributed by atoms with E-state index in [2.05, 4.69) is 21.3 Å². The zero-order chi connectivity index (χ0) is 13.7. The summed E-state index contributed by atoms with van der Waals surface area (Å²) in [4.78, 5) is 13.1. The minimum absolute atomic E-state index is 0.536. The van der Waals surface area contributed by atoms with Gasteiger partial charge in [-0.05, 0) is 43.2 Å². The van der Waals surface area contributed by atoms with Gasteiger partial charge in [-0.25, -0.2) is 9.97 Å². The summed E-state index contributed by atoms with van der Waals surface area (Å²) >= 11 is 8.18. The number of rotatable bonds is 2. The van der Waals surface area contributed by atoms with Crippen molar-refractivity contribution in [2.45, 2.75) is 38.6 Å². The molecule has 5 heteroatoms. The molecule has 0 bridgehead atoms. The van der Waals surface area contributed by atoms with E-state index < -0.39 is 0 Å². The lowest BCUT2D eigenvalue weighted by atomic mass is 10.1. The van der Waals surface area contributed by atoms with Gasteiger partial charge in [0.25, 0.3) is 0 Å². The van der Waals surface area contributed by atoms with Crippen molar-refractivity contribution < 1.29 is 0 Å². The van der Waals surface area contributed by atoms with Gasteiger partial charge in [0.05, 0.1) is 0 Å². The fourth-order valence-electron chi connectivity index (χ4n) is 2.76. The van der Waals surface area contributed by atoms with Gasteiger partial charge < -0.3 is 4.90 Å². The molecule has 0 aromatic carbocycles. The van der Waals surface area contributed by atoms with Crippen LogP contribution in [0.4, 0.5) is 5.82 Å². The summed E-state index contributed by atoms with van der Waals surface area (Å²) in [6.45, 7) is 3.99. The first-order chi connectivity index (χ1) is 9.72. The van der Waals surface area contributed by atoms with E-state index >= 15 is 0 Å². The molecule has 0 unspecified atom stereocenters. The van der Waals surface area contributed by atoms with Crippen molar-refractivity contribution in [2.75, 3.05) is 11.4 Å². The third-order valence-electron chi connectivity index (χ3n) is 4.13. The Morgan fingerprint density at radius 1 is 1.35 bits per heavy atom. The largest absolute Gasteiger partial charge is 0.352 e. The highest BCUT2D eigenvalue weighted by molar-refractivity contribution is 7.10. The molecular weight excluding hydrogens is 290 g/mol. The molecule has 0 saturated heterocycles. The molecule has 0 N–H and O–H groups in total. The molecule has 3 nitrogen and oxygen atoms in total. The van der Waals surface area contributed by atoms with E-state index in [4.69, 9.17) is 16.6 Å². The molecule has 0 spiro atoms. The first kappa shape index (κ1) is 12.6. The van der Waals surface area contributed by atoms with Crippen LogP contribution >= 0.6 is 22.9 Å². The molecule has 4 rings (SSSR count). The van der Waals surface area contributed by atoms with Crippen LogP contribution in [0.5, 0.6) is 0 Å². The minimum Gasteiger partial charge on any atom is -0.352 e. The summed E-state index contributed by atoms with van der Waals surface area (Å²) < 4.78 is 0. The highest BCUT2D eigenvalue weighted by Gasteiger charge is 2.29. The van der Waals surface area contributed by atoms with Crippen molar-refractivity contribution >= 4 is 28.8 Å². The first-order valence-electron chi connectivity index (χ1n) is 7.06. The fourth-order valence-corrected chi connectivity index (χ4v) is 3.82. The molecule has 0 radical (unpaired) electrons. The maximum Gasteiger partial charge on any atom is 0.137 e. The summed E-state index contributed by atoms with van der Waals surface area (Å²) in [5, 5.41) is 2.80. The van der Waals surface area contributed by atoms with E-state index in [0.29, 0.717) is 11.1 Å². The summed E-state index contributed by atoms with van der Waals surface area (Å²) in [7, 11) is 0. The van der Waals surface area contributed by atoms with Gasteiger partial charge >= 0.3 is 0 Å². The van der Waals surface area contributed by atoms with Crippen molar-refractivity contribution in [2.24, 2.45) is 0 Å². The van der Waals surface area contributed by atoms with Gasteiger partial charge in [-0.1, -0.05) is 11.6 Å². The Kier molecular flexibility index (Phi) is 2.97. The molecule has 0 amide bonds. The maximum atomic E-state index is 6.31. The topological polar surface area (TPSA) is 29.0 Å². The minimum atomic E-state index is 0.536. The summed E-state index contributed by atoms with van der Waals surface area (Å²) in [5.41, 5.74) is 2.44. The Morgan fingerprint density at radius 2 is 2.20 bits per heavy atom. The number of halogens is 1. The molecule has 2 aromatic heterocycles. The van der Waals surface area contributed by atoms with Gasteiger partial charge in [-0.3, -0.25) is 0 Å². The van der Waals surface area contributed by atoms with Crippen LogP contribution in [0.15, 0.2) is 11.4 Å². The standard InChI is InChI=1S/C15H16ClN3S/c1-9-13(16)17-14(10-2-3-10)18-15(9)19-6-4-12-11(8-19)5-7-20-12/h5,7,10H,2-4,6,8H2,1H3. The van der Waals surface area contributed by atoms with Gasteiger partial charge in [-0.2, -0.15) is 0 Å². The van der Waals surface area contributed by atoms with Crippen molar-refractivity contribution in [1.82, 2.24) is 9.97 Å². The first-order valence-corrected chi connectivity index (χ1v) is 8.32. The summed E-state index contributed by atoms with van der Waals surface area (Å²) in [6, 6.07) is 2.23. The third kappa shape index (κ3) is 2.11. The fraction of sp³-hybridized carbons (Fsp3) is 0.467. The highest BCUT2D eigenvalue weighted by Crippen LogP contribution is 2.40. The summed E-state index contributed by atoms with van der Waals surface area (Å²) in [6.07, 6.45) is 3.51. The van der Waals surface area contributed by atoms with E-state index in [0.717, 1.165) is 36.7 Å². The number of aromatic nitrogens is 2. The predicted octanol–water partition coefficient (Wildman–Crippen LogP) is 3.94. The van der Waals surface area contributed by atoms with Crippen molar-refractivity contribution in [1.29, 1.82) is 0 Å². The number of nitrogens with zero attached hydrogens (tertiary/aromatic N) is 3. The average molecular weight is 306 g/mol. The van der Waals surface area contributed by atoms with Crippen LogP contribution in [0.3, 0.4) is 0 Å². The lowest BCUT2D eigenvalue weighted by molar-refractivity contribution is 0.720. The second-order valence-corrected chi connectivity index (χ2v) is 6.99. The SMILES string of the molecule is Cc1c(Cl)nc(C2CC2)nc1N1CCc2sccc2C1. The normalized spacial score (nSPS) is 18.2. The monoisotopic (exact) mass is 305 g/mol. The van der Waals surface area contributed by atoms with Crippen molar-refractivity contribution in [3.63, 3.8) is 0 Å². The maximum absolute atomic E-state index is 6.31. The quantitative estimate of drug-likeness (QED) is 0.787. The predicted molar refractivity (Wildman–Crippen MR) is 82.8 cm³/mol. The molecule has 1 saturated carbocycles. The van der Waals surface area contributed by atoms with E-state index in [1.807, 2.05) is 18.3 Å². The molecule has 104 valence electrons. The van der Waals surface area contributed by atoms with Crippen LogP contribution in [0.25, 0.3) is 0 Å². The van der Waals surface area contributed by atoms with Crippen molar-refractivity contribution in [3.05, 3.63) is 38.4 Å². The van der Waals surface area contributed by atoms with Crippen molar-refractivity contribution in [3.8, 4) is 0 Å². The Balaban J connectivity index is 1.71. The zero-order valence-corrected chi connectivity index (χ0v) is 13.0. The van der Waals surface area contributed by atoms with Crippen LogP contribution in [0.2, 0.25) is 5.15 Å². The second kappa shape index (κ2) is 4.71. The van der Waals surface area contributed by atoms with E-state index in [1.54, 1.807) is 0 Å². The summed E-state index contributed by atoms with van der Waals surface area (Å²) in [5.74, 6) is 2.50. The van der Waals surface area contributed by atoms with Crippen LogP contribution < -0.4 is 4.90 Å². The average Bonchev–Trinajstić information content (AvgIpc) is 3.19. The number of hydrogen-bond acceptors (Lipinski definition) is 4.